The van der Waals surface area contributed by atoms with Crippen molar-refractivity contribution >= 4 is 11.6 Å². The van der Waals surface area contributed by atoms with Gasteiger partial charge in [0.15, 0.2) is 0 Å². The van der Waals surface area contributed by atoms with Crippen molar-refractivity contribution in [3.05, 3.63) is 39.7 Å². The summed E-state index contributed by atoms with van der Waals surface area (Å²) in [5, 5.41) is 10.7. The summed E-state index contributed by atoms with van der Waals surface area (Å²) >= 11 is 0. The van der Waals surface area contributed by atoms with Gasteiger partial charge in [-0.15, -0.1) is 0 Å². The highest BCUT2D eigenvalue weighted by molar-refractivity contribution is 5.95. The molecule has 20 heavy (non-hydrogen) atoms. The van der Waals surface area contributed by atoms with Crippen LogP contribution in [0.2, 0.25) is 0 Å². The summed E-state index contributed by atoms with van der Waals surface area (Å²) in [4.78, 5) is 23.7. The number of hydrogen-bond acceptors (Lipinski definition) is 4. The number of nitro groups is 1. The fourth-order valence-corrected chi connectivity index (χ4v) is 1.94. The number of benzene rings is 1. The van der Waals surface area contributed by atoms with E-state index >= 15 is 0 Å². The van der Waals surface area contributed by atoms with E-state index in [1.54, 1.807) is 6.92 Å². The molecule has 0 bridgehead atoms. The normalized spacial score (nSPS) is 12.0. The number of likely N-dealkylation sites (N-methyl/N-ethyl adjacent to an activating group) is 1. The maximum atomic E-state index is 13.3. The molecule has 0 saturated heterocycles. The van der Waals surface area contributed by atoms with E-state index in [9.17, 15) is 19.3 Å². The second kappa shape index (κ2) is 6.95. The van der Waals surface area contributed by atoms with Crippen LogP contribution >= 0.6 is 0 Å². The zero-order valence-electron chi connectivity index (χ0n) is 11.6. The largest absolute Gasteiger partial charge is 0.383 e. The summed E-state index contributed by atoms with van der Waals surface area (Å²) in [6.07, 6.45) is 0. The van der Waals surface area contributed by atoms with Gasteiger partial charge >= 0.3 is 5.69 Å². The highest BCUT2D eigenvalue weighted by Gasteiger charge is 2.23. The van der Waals surface area contributed by atoms with Crippen LogP contribution in [-0.2, 0) is 4.74 Å². The molecule has 0 radical (unpaired) electrons. The molecule has 0 saturated carbocycles. The van der Waals surface area contributed by atoms with Gasteiger partial charge in [-0.3, -0.25) is 14.9 Å². The van der Waals surface area contributed by atoms with E-state index in [0.29, 0.717) is 13.2 Å². The van der Waals surface area contributed by atoms with Gasteiger partial charge in [-0.05, 0) is 26.0 Å². The van der Waals surface area contributed by atoms with Gasteiger partial charge in [0.1, 0.15) is 0 Å². The minimum absolute atomic E-state index is 0.0860. The highest BCUT2D eigenvalue weighted by atomic mass is 19.1. The standard InChI is InChI=1S/C13H17FN2O4/c1-4-15(9(2)8-20-3)13(17)10-5-6-11(14)12(7-10)16(18)19/h5-7,9H,4,8H2,1-3H3. The number of rotatable bonds is 6. The molecule has 0 N–H and O–H groups in total. The van der Waals surface area contributed by atoms with E-state index in [4.69, 9.17) is 4.74 Å². The number of carbonyl (C=O) groups excluding carboxylic acids is 1. The van der Waals surface area contributed by atoms with Crippen LogP contribution in [-0.4, -0.2) is 42.0 Å². The van der Waals surface area contributed by atoms with E-state index < -0.39 is 16.4 Å². The van der Waals surface area contributed by atoms with Crippen molar-refractivity contribution < 1.29 is 18.8 Å². The Labute approximate surface area is 116 Å². The molecule has 1 unspecified atom stereocenters. The third-order valence-corrected chi connectivity index (χ3v) is 2.93. The number of methoxy groups -OCH3 is 1. The van der Waals surface area contributed by atoms with Crippen LogP contribution in [0.25, 0.3) is 0 Å². The van der Waals surface area contributed by atoms with E-state index in [-0.39, 0.29) is 17.5 Å². The molecule has 0 aliphatic carbocycles. The molecule has 0 aliphatic rings. The van der Waals surface area contributed by atoms with E-state index in [2.05, 4.69) is 0 Å². The number of halogens is 1. The molecule has 0 fully saturated rings. The third kappa shape index (κ3) is 3.51. The van der Waals surface area contributed by atoms with Gasteiger partial charge < -0.3 is 9.64 Å². The molecular formula is C13H17FN2O4. The molecule has 1 aromatic rings. The first-order chi connectivity index (χ1) is 9.42. The van der Waals surface area contributed by atoms with Crippen molar-refractivity contribution in [2.24, 2.45) is 0 Å². The Morgan fingerprint density at radius 1 is 1.55 bits per heavy atom. The number of ether oxygens (including phenoxy) is 1. The molecule has 0 heterocycles. The second-order valence-corrected chi connectivity index (χ2v) is 4.32. The van der Waals surface area contributed by atoms with Crippen molar-refractivity contribution in [1.29, 1.82) is 0 Å². The Hall–Kier alpha value is -2.02. The van der Waals surface area contributed by atoms with Crippen molar-refractivity contribution in [1.82, 2.24) is 4.90 Å². The average Bonchev–Trinajstić information content (AvgIpc) is 2.39. The predicted octanol–water partition coefficient (Wildman–Crippen LogP) is 2.23. The maximum absolute atomic E-state index is 13.3. The molecule has 1 aromatic carbocycles. The van der Waals surface area contributed by atoms with Gasteiger partial charge in [0.05, 0.1) is 17.6 Å². The second-order valence-electron chi connectivity index (χ2n) is 4.32. The Bertz CT molecular complexity index is 507. The zero-order valence-corrected chi connectivity index (χ0v) is 11.6. The lowest BCUT2D eigenvalue weighted by Crippen LogP contribution is -2.40. The highest BCUT2D eigenvalue weighted by Crippen LogP contribution is 2.20. The number of hydrogen-bond donors (Lipinski definition) is 0. The quantitative estimate of drug-likeness (QED) is 0.593. The first kappa shape index (κ1) is 16.0. The van der Waals surface area contributed by atoms with Crippen molar-refractivity contribution in [2.45, 2.75) is 19.9 Å². The Morgan fingerprint density at radius 2 is 2.20 bits per heavy atom. The van der Waals surface area contributed by atoms with Gasteiger partial charge in [0.2, 0.25) is 5.82 Å². The van der Waals surface area contributed by atoms with E-state index in [0.717, 1.165) is 12.1 Å². The molecule has 7 heteroatoms. The Balaban J connectivity index is 3.07. The third-order valence-electron chi connectivity index (χ3n) is 2.93. The van der Waals surface area contributed by atoms with E-state index in [1.165, 1.54) is 18.1 Å². The first-order valence-electron chi connectivity index (χ1n) is 6.16. The lowest BCUT2D eigenvalue weighted by atomic mass is 10.1. The number of carbonyl (C=O) groups is 1. The van der Waals surface area contributed by atoms with Crippen LogP contribution in [0, 0.1) is 15.9 Å². The van der Waals surface area contributed by atoms with Crippen molar-refractivity contribution in [3.63, 3.8) is 0 Å². The molecule has 0 aromatic heterocycles. The average molecular weight is 284 g/mol. The van der Waals surface area contributed by atoms with Crippen molar-refractivity contribution in [3.8, 4) is 0 Å². The summed E-state index contributed by atoms with van der Waals surface area (Å²) < 4.78 is 18.3. The maximum Gasteiger partial charge on any atom is 0.305 e. The molecule has 6 nitrogen and oxygen atoms in total. The Morgan fingerprint density at radius 3 is 2.70 bits per heavy atom. The lowest BCUT2D eigenvalue weighted by Gasteiger charge is -2.27. The minimum atomic E-state index is -0.959. The molecule has 0 aliphatic heterocycles. The summed E-state index contributed by atoms with van der Waals surface area (Å²) in [7, 11) is 1.53. The smallest absolute Gasteiger partial charge is 0.305 e. The summed E-state index contributed by atoms with van der Waals surface area (Å²) in [6.45, 7) is 4.38. The fraction of sp³-hybridized carbons (Fsp3) is 0.462. The van der Waals surface area contributed by atoms with Crippen LogP contribution in [0.5, 0.6) is 0 Å². The van der Waals surface area contributed by atoms with Crippen LogP contribution in [0.1, 0.15) is 24.2 Å². The summed E-state index contributed by atoms with van der Waals surface area (Å²) in [5.41, 5.74) is -0.616. The van der Waals surface area contributed by atoms with E-state index in [1.807, 2.05) is 6.92 Å². The van der Waals surface area contributed by atoms with Gasteiger partial charge in [0, 0.05) is 25.3 Å². The Kier molecular flexibility index (Phi) is 5.57. The monoisotopic (exact) mass is 284 g/mol. The zero-order chi connectivity index (χ0) is 15.3. The van der Waals surface area contributed by atoms with Crippen LogP contribution in [0.3, 0.4) is 0 Å². The molecule has 110 valence electrons. The molecule has 1 amide bonds. The first-order valence-corrected chi connectivity index (χ1v) is 6.16. The molecular weight excluding hydrogens is 267 g/mol. The molecule has 1 atom stereocenters. The lowest BCUT2D eigenvalue weighted by molar-refractivity contribution is -0.387. The minimum Gasteiger partial charge on any atom is -0.383 e. The molecule has 1 rings (SSSR count). The van der Waals surface area contributed by atoms with Crippen LogP contribution < -0.4 is 0 Å². The fourth-order valence-electron chi connectivity index (χ4n) is 1.94. The summed E-state index contributed by atoms with van der Waals surface area (Å²) in [5.74, 6) is -1.35. The molecule has 0 spiro atoms. The van der Waals surface area contributed by atoms with Crippen LogP contribution in [0.15, 0.2) is 18.2 Å². The van der Waals surface area contributed by atoms with Gasteiger partial charge in [-0.25, -0.2) is 0 Å². The summed E-state index contributed by atoms with van der Waals surface area (Å²) in [6, 6.07) is 2.95. The van der Waals surface area contributed by atoms with Gasteiger partial charge in [-0.1, -0.05) is 0 Å². The van der Waals surface area contributed by atoms with Gasteiger partial charge in [-0.2, -0.15) is 4.39 Å². The SMILES string of the molecule is CCN(C(=O)c1ccc(F)c([N+](=O)[O-])c1)C(C)COC. The predicted molar refractivity (Wildman–Crippen MR) is 71.1 cm³/mol. The number of amides is 1. The van der Waals surface area contributed by atoms with Crippen molar-refractivity contribution in [2.75, 3.05) is 20.3 Å². The van der Waals surface area contributed by atoms with Gasteiger partial charge in [0.25, 0.3) is 5.91 Å². The number of nitrogens with zero attached hydrogens (tertiary/aromatic N) is 2. The topological polar surface area (TPSA) is 72.7 Å². The van der Waals surface area contributed by atoms with Crippen LogP contribution in [0.4, 0.5) is 10.1 Å². The number of nitro benzene ring substituents is 1.